The Morgan fingerprint density at radius 2 is 1.75 bits per heavy atom. The number of anilines is 1. The maximum Gasteiger partial charge on any atom is 0.269 e. The van der Waals surface area contributed by atoms with E-state index in [4.69, 9.17) is 9.72 Å². The first-order valence-electron chi connectivity index (χ1n) is 11.8. The summed E-state index contributed by atoms with van der Waals surface area (Å²) >= 11 is 0. The van der Waals surface area contributed by atoms with Crippen molar-refractivity contribution in [2.75, 3.05) is 44.7 Å². The highest BCUT2D eigenvalue weighted by atomic mass is 16.6. The summed E-state index contributed by atoms with van der Waals surface area (Å²) in [5, 5.41) is 15.9. The Balaban J connectivity index is 1.48. The molecule has 5 aromatic rings. The molecule has 1 fully saturated rings. The number of rotatable bonds is 6. The highest BCUT2D eigenvalue weighted by molar-refractivity contribution is 6.04. The number of fused-ring (bicyclic) bond motifs is 5. The van der Waals surface area contributed by atoms with Gasteiger partial charge in [0.1, 0.15) is 11.2 Å². The van der Waals surface area contributed by atoms with Crippen molar-refractivity contribution in [3.8, 4) is 5.69 Å². The van der Waals surface area contributed by atoms with Gasteiger partial charge in [-0.05, 0) is 30.3 Å². The number of hydrogen-bond donors (Lipinski definition) is 1. The van der Waals surface area contributed by atoms with Crippen molar-refractivity contribution in [2.24, 2.45) is 0 Å². The molecule has 4 heterocycles. The van der Waals surface area contributed by atoms with Crippen molar-refractivity contribution in [1.29, 1.82) is 0 Å². The van der Waals surface area contributed by atoms with E-state index in [-0.39, 0.29) is 11.2 Å². The molecule has 0 unspecified atom stereocenters. The van der Waals surface area contributed by atoms with Gasteiger partial charge in [-0.3, -0.25) is 28.8 Å². The average molecular weight is 485 g/mol. The molecule has 1 aliphatic rings. The largest absolute Gasteiger partial charge is 0.383 e. The zero-order valence-corrected chi connectivity index (χ0v) is 19.5. The van der Waals surface area contributed by atoms with Gasteiger partial charge in [-0.1, -0.05) is 18.2 Å². The second-order valence-electron chi connectivity index (χ2n) is 8.77. The molecule has 0 amide bonds. The number of aromatic nitrogens is 3. The monoisotopic (exact) mass is 484 g/mol. The van der Waals surface area contributed by atoms with E-state index in [1.807, 2.05) is 40.9 Å². The third-order valence-electron chi connectivity index (χ3n) is 6.60. The molecule has 10 heteroatoms. The van der Waals surface area contributed by atoms with Crippen LogP contribution in [0, 0.1) is 10.1 Å². The summed E-state index contributed by atoms with van der Waals surface area (Å²) in [6.07, 6.45) is 1.94. The highest BCUT2D eigenvalue weighted by Crippen LogP contribution is 2.27. The summed E-state index contributed by atoms with van der Waals surface area (Å²) in [6, 6.07) is 17.3. The van der Waals surface area contributed by atoms with E-state index in [1.165, 1.54) is 12.1 Å². The fraction of sp³-hybridized carbons (Fsp3) is 0.231. The molecule has 0 bridgehead atoms. The molecule has 0 atom stereocenters. The van der Waals surface area contributed by atoms with Gasteiger partial charge in [-0.2, -0.15) is 0 Å². The summed E-state index contributed by atoms with van der Waals surface area (Å²) in [6.45, 7) is 5.07. The van der Waals surface area contributed by atoms with Crippen molar-refractivity contribution >= 4 is 39.0 Å². The summed E-state index contributed by atoms with van der Waals surface area (Å²) in [5.41, 5.74) is 3.21. The van der Waals surface area contributed by atoms with Gasteiger partial charge >= 0.3 is 0 Å². The number of benzene rings is 2. The van der Waals surface area contributed by atoms with E-state index in [0.29, 0.717) is 27.9 Å². The zero-order valence-electron chi connectivity index (χ0n) is 19.5. The molecule has 0 saturated carbocycles. The number of nitro groups is 1. The summed E-state index contributed by atoms with van der Waals surface area (Å²) in [5.74, 6) is 0. The minimum atomic E-state index is -0.453. The molecule has 1 saturated heterocycles. The summed E-state index contributed by atoms with van der Waals surface area (Å²) in [4.78, 5) is 31.6. The van der Waals surface area contributed by atoms with Gasteiger partial charge in [0.05, 0.1) is 29.5 Å². The average Bonchev–Trinajstić information content (AvgIpc) is 3.29. The second kappa shape index (κ2) is 9.06. The molecular weight excluding hydrogens is 460 g/mol. The molecule has 36 heavy (non-hydrogen) atoms. The smallest absolute Gasteiger partial charge is 0.269 e. The van der Waals surface area contributed by atoms with Crippen LogP contribution >= 0.6 is 0 Å². The Bertz CT molecular complexity index is 1650. The first-order valence-corrected chi connectivity index (χ1v) is 11.8. The van der Waals surface area contributed by atoms with E-state index in [9.17, 15) is 14.9 Å². The minimum absolute atomic E-state index is 0.0336. The number of imidazole rings is 1. The van der Waals surface area contributed by atoms with Gasteiger partial charge in [0.25, 0.3) is 11.2 Å². The van der Waals surface area contributed by atoms with Crippen LogP contribution < -0.4 is 10.9 Å². The van der Waals surface area contributed by atoms with Crippen LogP contribution in [-0.2, 0) is 4.74 Å². The standard InChI is InChI=1S/C26H24N6O4/c33-26-22-4-2-1-3-21(22)24-25(31(26)19-6-8-20(9-7-19)32(34)35)30-17-18(5-10-23(30)28-24)27-11-12-29-13-15-36-16-14-29/h1-10,17,27H,11-16H2. The first-order chi connectivity index (χ1) is 17.6. The lowest BCUT2D eigenvalue weighted by Crippen LogP contribution is -2.39. The normalized spacial score (nSPS) is 14.6. The van der Waals surface area contributed by atoms with E-state index in [1.54, 1.807) is 22.8 Å². The highest BCUT2D eigenvalue weighted by Gasteiger charge is 2.18. The number of nitro benzene ring substituents is 1. The van der Waals surface area contributed by atoms with Gasteiger partial charge in [-0.15, -0.1) is 0 Å². The van der Waals surface area contributed by atoms with Crippen LogP contribution in [0.2, 0.25) is 0 Å². The maximum absolute atomic E-state index is 13.7. The molecule has 0 radical (unpaired) electrons. The summed E-state index contributed by atoms with van der Waals surface area (Å²) in [7, 11) is 0. The topological polar surface area (TPSA) is 107 Å². The second-order valence-corrected chi connectivity index (χ2v) is 8.77. The van der Waals surface area contributed by atoms with E-state index in [0.717, 1.165) is 50.5 Å². The predicted octanol–water partition coefficient (Wildman–Crippen LogP) is 3.44. The number of nitrogens with zero attached hydrogens (tertiary/aromatic N) is 5. The molecule has 182 valence electrons. The molecule has 0 aliphatic carbocycles. The lowest BCUT2D eigenvalue weighted by molar-refractivity contribution is -0.384. The van der Waals surface area contributed by atoms with Crippen LogP contribution in [0.25, 0.3) is 33.3 Å². The third-order valence-corrected chi connectivity index (χ3v) is 6.60. The Morgan fingerprint density at radius 1 is 1.00 bits per heavy atom. The Hall–Kier alpha value is -4.28. The number of non-ortho nitro benzene ring substituents is 1. The van der Waals surface area contributed by atoms with E-state index in [2.05, 4.69) is 10.2 Å². The number of nitrogens with one attached hydrogen (secondary N) is 1. The van der Waals surface area contributed by atoms with Crippen LogP contribution in [0.1, 0.15) is 0 Å². The predicted molar refractivity (Wildman–Crippen MR) is 138 cm³/mol. The number of ether oxygens (including phenoxy) is 1. The van der Waals surface area contributed by atoms with Gasteiger partial charge in [-0.25, -0.2) is 4.98 Å². The SMILES string of the molecule is O=c1c2ccccc2c2nc3ccc(NCCN4CCOCC4)cn3c2n1-c1ccc([N+](=O)[O-])cc1. The molecule has 10 nitrogen and oxygen atoms in total. The molecule has 1 aliphatic heterocycles. The lowest BCUT2D eigenvalue weighted by Gasteiger charge is -2.26. The van der Waals surface area contributed by atoms with Crippen molar-refractivity contribution in [3.63, 3.8) is 0 Å². The maximum atomic E-state index is 13.7. The van der Waals surface area contributed by atoms with Gasteiger partial charge in [0, 0.05) is 55.3 Å². The first kappa shape index (κ1) is 22.2. The van der Waals surface area contributed by atoms with Crippen molar-refractivity contribution in [2.45, 2.75) is 0 Å². The van der Waals surface area contributed by atoms with Gasteiger partial charge in [0.2, 0.25) is 0 Å². The molecule has 3 aromatic heterocycles. The van der Waals surface area contributed by atoms with Gasteiger partial charge in [0.15, 0.2) is 5.65 Å². The molecule has 1 N–H and O–H groups in total. The fourth-order valence-corrected chi connectivity index (χ4v) is 4.77. The van der Waals surface area contributed by atoms with Crippen LogP contribution in [0.15, 0.2) is 71.7 Å². The Kier molecular flexibility index (Phi) is 5.59. The molecular formula is C26H24N6O4. The zero-order chi connectivity index (χ0) is 24.6. The van der Waals surface area contributed by atoms with E-state index >= 15 is 0 Å². The third kappa shape index (κ3) is 3.86. The molecule has 6 rings (SSSR count). The van der Waals surface area contributed by atoms with E-state index < -0.39 is 4.92 Å². The lowest BCUT2D eigenvalue weighted by atomic mass is 10.1. The number of hydrogen-bond acceptors (Lipinski definition) is 7. The van der Waals surface area contributed by atoms with Crippen molar-refractivity contribution < 1.29 is 9.66 Å². The fourth-order valence-electron chi connectivity index (χ4n) is 4.77. The van der Waals surface area contributed by atoms with Crippen molar-refractivity contribution in [3.05, 3.63) is 87.3 Å². The molecule has 0 spiro atoms. The Labute approximate surface area is 205 Å². The number of morpholine rings is 1. The van der Waals surface area contributed by atoms with Gasteiger partial charge < -0.3 is 10.1 Å². The van der Waals surface area contributed by atoms with Crippen LogP contribution in [0.5, 0.6) is 0 Å². The Morgan fingerprint density at radius 3 is 2.50 bits per heavy atom. The van der Waals surface area contributed by atoms with Crippen LogP contribution in [-0.4, -0.2) is 63.2 Å². The van der Waals surface area contributed by atoms with Crippen LogP contribution in [0.3, 0.4) is 0 Å². The summed E-state index contributed by atoms with van der Waals surface area (Å²) < 4.78 is 8.90. The van der Waals surface area contributed by atoms with Crippen LogP contribution in [0.4, 0.5) is 11.4 Å². The number of pyridine rings is 2. The molecule has 2 aromatic carbocycles. The van der Waals surface area contributed by atoms with Crippen molar-refractivity contribution in [1.82, 2.24) is 18.9 Å². The minimum Gasteiger partial charge on any atom is -0.383 e. The quantitative estimate of drug-likeness (QED) is 0.291.